The summed E-state index contributed by atoms with van der Waals surface area (Å²) in [6, 6.07) is 6.97. The van der Waals surface area contributed by atoms with Gasteiger partial charge in [-0.15, -0.1) is 0 Å². The van der Waals surface area contributed by atoms with Crippen LogP contribution in [-0.4, -0.2) is 31.4 Å². The van der Waals surface area contributed by atoms with E-state index in [9.17, 15) is 18.0 Å². The van der Waals surface area contributed by atoms with Gasteiger partial charge in [0.25, 0.3) is 0 Å². The van der Waals surface area contributed by atoms with Crippen LogP contribution in [0.4, 0.5) is 18.9 Å². The summed E-state index contributed by atoms with van der Waals surface area (Å²) < 4.78 is 43.7. The lowest BCUT2D eigenvalue weighted by Crippen LogP contribution is -2.30. The van der Waals surface area contributed by atoms with Crippen LogP contribution >= 0.6 is 0 Å². The Labute approximate surface area is 162 Å². The molecule has 0 saturated carbocycles. The van der Waals surface area contributed by atoms with Crippen molar-refractivity contribution in [2.24, 2.45) is 5.92 Å². The zero-order valence-corrected chi connectivity index (χ0v) is 16.1. The van der Waals surface area contributed by atoms with Gasteiger partial charge < -0.3 is 15.4 Å². The molecule has 0 aromatic heterocycles. The number of amides is 1. The van der Waals surface area contributed by atoms with Crippen LogP contribution in [0.2, 0.25) is 0 Å². The fourth-order valence-corrected chi connectivity index (χ4v) is 3.06. The molecule has 0 radical (unpaired) electrons. The topological polar surface area (TPSA) is 74.2 Å². The first-order chi connectivity index (χ1) is 13.2. The number of hydrogen-bond donors (Lipinski definition) is 3. The van der Waals surface area contributed by atoms with E-state index in [2.05, 4.69) is 10.6 Å². The van der Waals surface area contributed by atoms with Crippen LogP contribution < -0.4 is 15.4 Å². The number of benzene rings is 1. The highest BCUT2D eigenvalue weighted by molar-refractivity contribution is 6.02. The number of hydrogen-bond acceptors (Lipinski definition) is 4. The molecule has 154 valence electrons. The second-order valence-corrected chi connectivity index (χ2v) is 6.87. The molecule has 1 aromatic rings. The maximum atomic E-state index is 12.9. The van der Waals surface area contributed by atoms with E-state index in [0.717, 1.165) is 6.42 Å². The molecule has 8 heteroatoms. The summed E-state index contributed by atoms with van der Waals surface area (Å²) in [5.74, 6) is 0.216. The molecule has 2 rings (SSSR count). The molecule has 28 heavy (non-hydrogen) atoms. The first-order valence-electron chi connectivity index (χ1n) is 9.29. The standard InChI is InChI=1S/C20H26F3N3O2/c1-13(19(27)26-14-7-9-15(28-2)10-8-14)11-12-25-17-6-4-3-5-16(17)18(24)20(21,22)23/h7-10,13,24-25H,3-6,11-12H2,1-2H3,(H,26,27). The molecular weight excluding hydrogens is 371 g/mol. The van der Waals surface area contributed by atoms with Crippen LogP contribution in [-0.2, 0) is 4.79 Å². The highest BCUT2D eigenvalue weighted by atomic mass is 19.4. The molecule has 0 spiro atoms. The summed E-state index contributed by atoms with van der Waals surface area (Å²) in [4.78, 5) is 12.3. The van der Waals surface area contributed by atoms with Gasteiger partial charge in [-0.2, -0.15) is 13.2 Å². The molecule has 0 saturated heterocycles. The second-order valence-electron chi connectivity index (χ2n) is 6.87. The van der Waals surface area contributed by atoms with Crippen molar-refractivity contribution in [2.45, 2.75) is 45.2 Å². The van der Waals surface area contributed by atoms with Gasteiger partial charge in [0.05, 0.1) is 7.11 Å². The van der Waals surface area contributed by atoms with Crippen molar-refractivity contribution in [3.63, 3.8) is 0 Å². The molecule has 1 unspecified atom stereocenters. The van der Waals surface area contributed by atoms with Crippen LogP contribution in [0.25, 0.3) is 0 Å². The van der Waals surface area contributed by atoms with Gasteiger partial charge in [0.15, 0.2) is 0 Å². The summed E-state index contributed by atoms with van der Waals surface area (Å²) in [7, 11) is 1.56. The third kappa shape index (κ3) is 6.00. The van der Waals surface area contributed by atoms with Gasteiger partial charge >= 0.3 is 6.18 Å². The SMILES string of the molecule is COc1ccc(NC(=O)C(C)CCNC2=C(C(=N)C(F)(F)F)CCCC2)cc1. The number of allylic oxidation sites excluding steroid dienone is 2. The summed E-state index contributed by atoms with van der Waals surface area (Å²) in [5.41, 5.74) is -0.0769. The minimum absolute atomic E-state index is 0.0501. The minimum atomic E-state index is -4.63. The Morgan fingerprint density at radius 1 is 1.21 bits per heavy atom. The van der Waals surface area contributed by atoms with Gasteiger partial charge in [0.2, 0.25) is 5.91 Å². The van der Waals surface area contributed by atoms with Crippen LogP contribution in [0, 0.1) is 11.3 Å². The van der Waals surface area contributed by atoms with Gasteiger partial charge in [-0.1, -0.05) is 6.92 Å². The Kier molecular flexibility index (Phi) is 7.48. The number of rotatable bonds is 8. The summed E-state index contributed by atoms with van der Waals surface area (Å²) in [6.07, 6.45) is -1.96. The monoisotopic (exact) mass is 397 g/mol. The molecule has 1 amide bonds. The smallest absolute Gasteiger partial charge is 0.432 e. The normalized spacial score (nSPS) is 15.8. The fourth-order valence-electron chi connectivity index (χ4n) is 3.06. The van der Waals surface area contributed by atoms with E-state index >= 15 is 0 Å². The Bertz CT molecular complexity index is 727. The summed E-state index contributed by atoms with van der Waals surface area (Å²) >= 11 is 0. The minimum Gasteiger partial charge on any atom is -0.497 e. The molecule has 0 heterocycles. The molecule has 1 aliphatic carbocycles. The van der Waals surface area contributed by atoms with Gasteiger partial charge in [-0.25, -0.2) is 0 Å². The van der Waals surface area contributed by atoms with Crippen molar-refractivity contribution >= 4 is 17.3 Å². The average molecular weight is 397 g/mol. The number of carbonyl (C=O) groups is 1. The average Bonchev–Trinajstić information content (AvgIpc) is 2.67. The van der Waals surface area contributed by atoms with Crippen molar-refractivity contribution in [3.8, 4) is 5.75 Å². The van der Waals surface area contributed by atoms with E-state index in [1.807, 2.05) is 0 Å². The van der Waals surface area contributed by atoms with E-state index in [1.54, 1.807) is 38.3 Å². The third-order valence-corrected chi connectivity index (χ3v) is 4.77. The quantitative estimate of drug-likeness (QED) is 0.559. The highest BCUT2D eigenvalue weighted by Crippen LogP contribution is 2.30. The molecule has 1 atom stereocenters. The molecule has 5 nitrogen and oxygen atoms in total. The summed E-state index contributed by atoms with van der Waals surface area (Å²) in [5, 5.41) is 13.3. The van der Waals surface area contributed by atoms with Crippen LogP contribution in [0.15, 0.2) is 35.5 Å². The van der Waals surface area contributed by atoms with Crippen LogP contribution in [0.1, 0.15) is 39.0 Å². The zero-order chi connectivity index (χ0) is 20.7. The number of carbonyl (C=O) groups excluding carboxylic acids is 1. The zero-order valence-electron chi connectivity index (χ0n) is 16.1. The van der Waals surface area contributed by atoms with Crippen molar-refractivity contribution in [1.29, 1.82) is 5.41 Å². The fraction of sp³-hybridized carbons (Fsp3) is 0.500. The van der Waals surface area contributed by atoms with E-state index in [0.29, 0.717) is 42.9 Å². The first-order valence-corrected chi connectivity index (χ1v) is 9.29. The highest BCUT2D eigenvalue weighted by Gasteiger charge is 2.38. The number of ether oxygens (including phenoxy) is 1. The van der Waals surface area contributed by atoms with Gasteiger partial charge in [0.1, 0.15) is 11.5 Å². The Morgan fingerprint density at radius 3 is 2.46 bits per heavy atom. The maximum Gasteiger partial charge on any atom is 0.432 e. The van der Waals surface area contributed by atoms with E-state index in [-0.39, 0.29) is 23.8 Å². The number of alkyl halides is 3. The van der Waals surface area contributed by atoms with Gasteiger partial charge in [-0.3, -0.25) is 10.2 Å². The molecule has 3 N–H and O–H groups in total. The van der Waals surface area contributed by atoms with Crippen LogP contribution in [0.3, 0.4) is 0 Å². The molecule has 1 aromatic carbocycles. The number of anilines is 1. The van der Waals surface area contributed by atoms with Crippen LogP contribution in [0.5, 0.6) is 5.75 Å². The predicted molar refractivity (Wildman–Crippen MR) is 103 cm³/mol. The lowest BCUT2D eigenvalue weighted by Gasteiger charge is -2.23. The van der Waals surface area contributed by atoms with Gasteiger partial charge in [-0.05, 0) is 56.4 Å². The number of halogens is 3. The van der Waals surface area contributed by atoms with Gasteiger partial charge in [0, 0.05) is 29.4 Å². The number of methoxy groups -OCH3 is 1. The predicted octanol–water partition coefficient (Wildman–Crippen LogP) is 4.66. The van der Waals surface area contributed by atoms with Crippen molar-refractivity contribution < 1.29 is 22.7 Å². The molecule has 1 aliphatic rings. The van der Waals surface area contributed by atoms with Crippen molar-refractivity contribution in [2.75, 3.05) is 19.0 Å². The largest absolute Gasteiger partial charge is 0.497 e. The molecule has 0 bridgehead atoms. The number of nitrogens with one attached hydrogen (secondary N) is 3. The maximum absolute atomic E-state index is 12.9. The second kappa shape index (κ2) is 9.61. The van der Waals surface area contributed by atoms with E-state index in [1.165, 1.54) is 0 Å². The van der Waals surface area contributed by atoms with Crippen molar-refractivity contribution in [3.05, 3.63) is 35.5 Å². The van der Waals surface area contributed by atoms with E-state index in [4.69, 9.17) is 10.1 Å². The molecule has 0 aliphatic heterocycles. The lowest BCUT2D eigenvalue weighted by atomic mass is 9.92. The Hall–Kier alpha value is -2.51. The first kappa shape index (κ1) is 21.8. The lowest BCUT2D eigenvalue weighted by molar-refractivity contribution is -0.119. The molecule has 0 fully saturated rings. The third-order valence-electron chi connectivity index (χ3n) is 4.77. The Morgan fingerprint density at radius 2 is 1.86 bits per heavy atom. The molecular formula is C20H26F3N3O2. The van der Waals surface area contributed by atoms with E-state index < -0.39 is 11.9 Å². The van der Waals surface area contributed by atoms with Crippen molar-refractivity contribution in [1.82, 2.24) is 5.32 Å². The summed E-state index contributed by atoms with van der Waals surface area (Å²) in [6.45, 7) is 2.15. The Balaban J connectivity index is 1.88.